The van der Waals surface area contributed by atoms with Gasteiger partial charge in [-0.2, -0.15) is 0 Å². The van der Waals surface area contributed by atoms with Gasteiger partial charge >= 0.3 is 11.9 Å². The molecule has 1 heterocycles. The third kappa shape index (κ3) is 14.8. The highest BCUT2D eigenvalue weighted by atomic mass is 16.5. The molecule has 2 unspecified atom stereocenters. The van der Waals surface area contributed by atoms with Crippen LogP contribution in [-0.4, -0.2) is 74.0 Å². The predicted molar refractivity (Wildman–Crippen MR) is 138 cm³/mol. The summed E-state index contributed by atoms with van der Waals surface area (Å²) in [5.74, 6) is -1.85. The van der Waals surface area contributed by atoms with Crippen LogP contribution in [0.5, 0.6) is 0 Å². The van der Waals surface area contributed by atoms with Crippen LogP contribution in [0.3, 0.4) is 0 Å². The van der Waals surface area contributed by atoms with Gasteiger partial charge in [-0.25, -0.2) is 0 Å². The van der Waals surface area contributed by atoms with Gasteiger partial charge < -0.3 is 30.7 Å². The van der Waals surface area contributed by atoms with E-state index in [1.807, 2.05) is 0 Å². The third-order valence-electron chi connectivity index (χ3n) is 5.56. The van der Waals surface area contributed by atoms with Crippen molar-refractivity contribution in [2.24, 2.45) is 0 Å². The number of hydrogen-bond donors (Lipinski definition) is 4. The molecule has 1 saturated heterocycles. The second-order valence-corrected chi connectivity index (χ2v) is 9.15. The maximum absolute atomic E-state index is 12.4. The molecule has 0 bridgehead atoms. The zero-order chi connectivity index (χ0) is 28.5. The van der Waals surface area contributed by atoms with Crippen molar-refractivity contribution in [2.75, 3.05) is 26.3 Å². The molecule has 0 aromatic heterocycles. The number of rotatable bonds is 16. The number of amides is 4. The quantitative estimate of drug-likeness (QED) is 0.126. The molecule has 4 N–H and O–H groups in total. The van der Waals surface area contributed by atoms with Crippen LogP contribution < -0.4 is 21.3 Å². The van der Waals surface area contributed by atoms with Crippen LogP contribution in [0.1, 0.15) is 66.2 Å². The Morgan fingerprint density at radius 1 is 0.711 bits per heavy atom. The van der Waals surface area contributed by atoms with Crippen LogP contribution in [0.2, 0.25) is 0 Å². The molecule has 0 radical (unpaired) electrons. The predicted octanol–water partition coefficient (Wildman–Crippen LogP) is 0.561. The van der Waals surface area contributed by atoms with Gasteiger partial charge in [0.2, 0.25) is 23.6 Å². The van der Waals surface area contributed by atoms with Crippen molar-refractivity contribution >= 4 is 35.6 Å². The van der Waals surface area contributed by atoms with E-state index in [1.165, 1.54) is 26.0 Å². The van der Waals surface area contributed by atoms with Crippen LogP contribution in [0.25, 0.3) is 0 Å². The number of nitrogens with one attached hydrogen (secondary N) is 4. The Bertz CT molecular complexity index is 854. The van der Waals surface area contributed by atoms with Gasteiger partial charge in [0.1, 0.15) is 12.1 Å². The SMILES string of the molecule is CC(=O)OCCC(C)=CC(=O)NCCCC1NC(=O)C(CCCNC(=O)C=C(C)CCOC(C)=O)NC1=O. The van der Waals surface area contributed by atoms with E-state index in [9.17, 15) is 28.8 Å². The molecular weight excluding hydrogens is 496 g/mol. The summed E-state index contributed by atoms with van der Waals surface area (Å²) in [6, 6.07) is -1.34. The highest BCUT2D eigenvalue weighted by molar-refractivity contribution is 5.96. The normalized spacial score (nSPS) is 17.7. The Kier molecular flexibility index (Phi) is 15.1. The van der Waals surface area contributed by atoms with E-state index in [0.717, 1.165) is 11.1 Å². The number of hydrogen-bond acceptors (Lipinski definition) is 8. The molecular formula is C26H40N4O8. The summed E-state index contributed by atoms with van der Waals surface area (Å²) in [4.78, 5) is 70.2. The number of piperazine rings is 1. The molecule has 212 valence electrons. The molecule has 12 nitrogen and oxygen atoms in total. The molecule has 1 fully saturated rings. The van der Waals surface area contributed by atoms with Crippen molar-refractivity contribution in [1.82, 2.24) is 21.3 Å². The van der Waals surface area contributed by atoms with Crippen LogP contribution in [0.4, 0.5) is 0 Å². The van der Waals surface area contributed by atoms with Crippen molar-refractivity contribution in [2.45, 2.75) is 78.3 Å². The summed E-state index contributed by atoms with van der Waals surface area (Å²) in [5, 5.41) is 10.9. The molecule has 1 rings (SSSR count). The summed E-state index contributed by atoms with van der Waals surface area (Å²) < 4.78 is 9.68. The van der Waals surface area contributed by atoms with Gasteiger partial charge in [0, 0.05) is 51.9 Å². The molecule has 1 aliphatic heterocycles. The average molecular weight is 537 g/mol. The first-order valence-corrected chi connectivity index (χ1v) is 12.8. The number of esters is 2. The standard InChI is InChI=1S/C26H40N4O8/c1-17(9-13-37-19(3)31)15-23(33)27-11-5-7-21-25(35)30-22(26(36)29-21)8-6-12-28-24(34)16-18(2)10-14-38-20(4)32/h15-16,21-22H,5-14H2,1-4H3,(H,27,33)(H,28,34)(H,29,36)(H,30,35). The van der Waals surface area contributed by atoms with Crippen molar-refractivity contribution in [3.8, 4) is 0 Å². The first-order chi connectivity index (χ1) is 18.0. The summed E-state index contributed by atoms with van der Waals surface area (Å²) in [6.07, 6.45) is 5.54. The largest absolute Gasteiger partial charge is 0.466 e. The van der Waals surface area contributed by atoms with Gasteiger partial charge in [-0.3, -0.25) is 28.8 Å². The molecule has 0 saturated carbocycles. The lowest BCUT2D eigenvalue weighted by Gasteiger charge is -2.29. The van der Waals surface area contributed by atoms with E-state index in [1.54, 1.807) is 13.8 Å². The van der Waals surface area contributed by atoms with Gasteiger partial charge in [0.05, 0.1) is 13.2 Å². The molecule has 0 aliphatic carbocycles. The highest BCUT2D eigenvalue weighted by Gasteiger charge is 2.32. The lowest BCUT2D eigenvalue weighted by atomic mass is 10.0. The fraction of sp³-hybridized carbons (Fsp3) is 0.615. The van der Waals surface area contributed by atoms with E-state index < -0.39 is 12.1 Å². The maximum atomic E-state index is 12.4. The monoisotopic (exact) mass is 536 g/mol. The molecule has 4 amide bonds. The Labute approximate surface area is 223 Å². The van der Waals surface area contributed by atoms with Gasteiger partial charge in [-0.05, 0) is 39.5 Å². The second kappa shape index (κ2) is 17.7. The maximum Gasteiger partial charge on any atom is 0.302 e. The molecule has 2 atom stereocenters. The fourth-order valence-corrected chi connectivity index (χ4v) is 3.52. The molecule has 0 aromatic rings. The topological polar surface area (TPSA) is 169 Å². The number of carbonyl (C=O) groups excluding carboxylic acids is 6. The van der Waals surface area contributed by atoms with Crippen molar-refractivity contribution < 1.29 is 38.2 Å². The van der Waals surface area contributed by atoms with E-state index in [2.05, 4.69) is 21.3 Å². The van der Waals surface area contributed by atoms with Crippen LogP contribution in [-0.2, 0) is 38.2 Å². The molecule has 38 heavy (non-hydrogen) atoms. The fourth-order valence-electron chi connectivity index (χ4n) is 3.52. The molecule has 1 aliphatic rings. The van der Waals surface area contributed by atoms with Gasteiger partial charge in [0.15, 0.2) is 0 Å². The second-order valence-electron chi connectivity index (χ2n) is 9.15. The molecule has 12 heteroatoms. The average Bonchev–Trinajstić information content (AvgIpc) is 2.81. The minimum absolute atomic E-state index is 0.217. The van der Waals surface area contributed by atoms with Crippen LogP contribution in [0.15, 0.2) is 23.3 Å². The Morgan fingerprint density at radius 2 is 1.08 bits per heavy atom. The smallest absolute Gasteiger partial charge is 0.302 e. The van der Waals surface area contributed by atoms with Gasteiger partial charge in [0.25, 0.3) is 0 Å². The first-order valence-electron chi connectivity index (χ1n) is 12.8. The zero-order valence-electron chi connectivity index (χ0n) is 22.6. The van der Waals surface area contributed by atoms with Crippen LogP contribution >= 0.6 is 0 Å². The Morgan fingerprint density at radius 3 is 1.42 bits per heavy atom. The first kappa shape index (κ1) is 32.3. The molecule has 0 spiro atoms. The van der Waals surface area contributed by atoms with Crippen molar-refractivity contribution in [3.05, 3.63) is 23.3 Å². The lowest BCUT2D eigenvalue weighted by Crippen LogP contribution is -2.61. The van der Waals surface area contributed by atoms with Gasteiger partial charge in [-0.15, -0.1) is 0 Å². The Balaban J connectivity index is 2.25. The summed E-state index contributed by atoms with van der Waals surface area (Å²) in [6.45, 7) is 7.29. The minimum atomic E-state index is -0.670. The summed E-state index contributed by atoms with van der Waals surface area (Å²) in [7, 11) is 0. The summed E-state index contributed by atoms with van der Waals surface area (Å²) in [5.41, 5.74) is 1.55. The van der Waals surface area contributed by atoms with Crippen molar-refractivity contribution in [3.63, 3.8) is 0 Å². The molecule has 0 aromatic carbocycles. The van der Waals surface area contributed by atoms with Crippen molar-refractivity contribution in [1.29, 1.82) is 0 Å². The summed E-state index contributed by atoms with van der Waals surface area (Å²) >= 11 is 0. The van der Waals surface area contributed by atoms with E-state index in [0.29, 0.717) is 51.6 Å². The minimum Gasteiger partial charge on any atom is -0.466 e. The van der Waals surface area contributed by atoms with E-state index in [-0.39, 0.29) is 48.8 Å². The third-order valence-corrected chi connectivity index (χ3v) is 5.56. The lowest BCUT2D eigenvalue weighted by molar-refractivity contribution is -0.141. The van der Waals surface area contributed by atoms with Crippen LogP contribution in [0, 0.1) is 0 Å². The van der Waals surface area contributed by atoms with E-state index >= 15 is 0 Å². The van der Waals surface area contributed by atoms with Gasteiger partial charge in [-0.1, -0.05) is 11.1 Å². The number of ether oxygens (including phenoxy) is 2. The Hall–Kier alpha value is -3.70. The van der Waals surface area contributed by atoms with E-state index in [4.69, 9.17) is 9.47 Å². The highest BCUT2D eigenvalue weighted by Crippen LogP contribution is 2.08. The number of carbonyl (C=O) groups is 6. The zero-order valence-corrected chi connectivity index (χ0v) is 22.6.